The van der Waals surface area contributed by atoms with E-state index in [9.17, 15) is 10.1 Å². The highest BCUT2D eigenvalue weighted by Crippen LogP contribution is 2.10. The zero-order valence-electron chi connectivity index (χ0n) is 11.6. The molecule has 114 valence electrons. The highest BCUT2D eigenvalue weighted by molar-refractivity contribution is 6.17. The lowest BCUT2D eigenvalue weighted by Gasteiger charge is -1.99. The third-order valence-corrected chi connectivity index (χ3v) is 2.86. The first-order valence-electron chi connectivity index (χ1n) is 6.30. The molecule has 0 saturated carbocycles. The van der Waals surface area contributed by atoms with Crippen molar-refractivity contribution in [3.63, 3.8) is 0 Å². The molecule has 0 bridgehead atoms. The van der Waals surface area contributed by atoms with Crippen molar-refractivity contribution in [1.82, 2.24) is 0 Å². The Morgan fingerprint density at radius 1 is 1.18 bits per heavy atom. The van der Waals surface area contributed by atoms with Crippen molar-refractivity contribution in [3.05, 3.63) is 69.8 Å². The normalized spacial score (nSPS) is 9.14. The van der Waals surface area contributed by atoms with Crippen molar-refractivity contribution in [3.8, 4) is 6.07 Å². The van der Waals surface area contributed by atoms with E-state index in [0.717, 1.165) is 6.42 Å². The third-order valence-electron chi connectivity index (χ3n) is 2.67. The first-order chi connectivity index (χ1) is 10.6. The van der Waals surface area contributed by atoms with Crippen molar-refractivity contribution in [2.75, 3.05) is 11.4 Å². The van der Waals surface area contributed by atoms with Crippen LogP contribution in [0, 0.1) is 21.4 Å². The number of aryl methyl sites for hydroxylation is 1. The Bertz CT molecular complexity index is 637. The van der Waals surface area contributed by atoms with Gasteiger partial charge in [0.25, 0.3) is 5.69 Å². The van der Waals surface area contributed by atoms with E-state index in [-0.39, 0.29) is 5.69 Å². The van der Waals surface area contributed by atoms with E-state index in [0.29, 0.717) is 17.1 Å². The molecular formula is C15H14ClN3O3. The highest BCUT2D eigenvalue weighted by atomic mass is 35.5. The van der Waals surface area contributed by atoms with Gasteiger partial charge in [0.05, 0.1) is 22.2 Å². The Kier molecular flexibility index (Phi) is 7.40. The van der Waals surface area contributed by atoms with Gasteiger partial charge < -0.3 is 0 Å². The van der Waals surface area contributed by atoms with Crippen LogP contribution in [-0.4, -0.2) is 16.0 Å². The van der Waals surface area contributed by atoms with Crippen LogP contribution in [0.3, 0.4) is 0 Å². The maximum absolute atomic E-state index is 10.1. The molecule has 6 nitrogen and oxygen atoms in total. The molecule has 22 heavy (non-hydrogen) atoms. The Balaban J connectivity index is 0.000000220. The van der Waals surface area contributed by atoms with Crippen LogP contribution in [0.4, 0.5) is 11.4 Å². The zero-order chi connectivity index (χ0) is 16.4. The van der Waals surface area contributed by atoms with Gasteiger partial charge >= 0.3 is 0 Å². The summed E-state index contributed by atoms with van der Waals surface area (Å²) in [5.41, 5.74) is 4.37. The number of nitrogens with zero attached hydrogens (tertiary/aromatic N) is 2. The second kappa shape index (κ2) is 9.34. The fraction of sp³-hybridized carbons (Fsp3) is 0.133. The number of hydrogen-bond donors (Lipinski definition) is 2. The monoisotopic (exact) mass is 319 g/mol. The summed E-state index contributed by atoms with van der Waals surface area (Å²) in [4.78, 5) is 9.62. The Labute approximate surface area is 132 Å². The number of alkyl halides is 1. The van der Waals surface area contributed by atoms with Crippen molar-refractivity contribution >= 4 is 23.0 Å². The van der Waals surface area contributed by atoms with Crippen molar-refractivity contribution in [1.29, 1.82) is 5.26 Å². The molecule has 0 aliphatic rings. The SMILES string of the molecule is N#Cc1ccc([N+](=O)[O-])cc1.ONc1ccc(CCCl)cc1. The van der Waals surface area contributed by atoms with Gasteiger partial charge in [0.2, 0.25) is 0 Å². The van der Waals surface area contributed by atoms with Crippen molar-refractivity contribution in [2.24, 2.45) is 0 Å². The lowest BCUT2D eigenvalue weighted by atomic mass is 10.1. The van der Waals surface area contributed by atoms with Gasteiger partial charge in [-0.1, -0.05) is 12.1 Å². The van der Waals surface area contributed by atoms with E-state index < -0.39 is 4.92 Å². The molecule has 0 atom stereocenters. The number of nitriles is 1. The largest absolute Gasteiger partial charge is 0.291 e. The molecule has 0 unspecified atom stereocenters. The van der Waals surface area contributed by atoms with Crippen LogP contribution in [0.2, 0.25) is 0 Å². The second-order valence-corrected chi connectivity index (χ2v) is 4.54. The predicted octanol–water partition coefficient (Wildman–Crippen LogP) is 3.74. The minimum Gasteiger partial charge on any atom is -0.291 e. The predicted molar refractivity (Wildman–Crippen MR) is 84.1 cm³/mol. The van der Waals surface area contributed by atoms with Crippen LogP contribution >= 0.6 is 11.6 Å². The fourth-order valence-corrected chi connectivity index (χ4v) is 1.73. The van der Waals surface area contributed by atoms with E-state index in [4.69, 9.17) is 22.1 Å². The first-order valence-corrected chi connectivity index (χ1v) is 6.83. The average Bonchev–Trinajstić information content (AvgIpc) is 2.56. The number of nitrogens with one attached hydrogen (secondary N) is 1. The number of benzene rings is 2. The zero-order valence-corrected chi connectivity index (χ0v) is 12.3. The molecule has 0 amide bonds. The van der Waals surface area contributed by atoms with Crippen LogP contribution in [0.25, 0.3) is 0 Å². The summed E-state index contributed by atoms with van der Waals surface area (Å²) in [5.74, 6) is 0.631. The summed E-state index contributed by atoms with van der Waals surface area (Å²) in [6, 6.07) is 14.8. The molecule has 0 saturated heterocycles. The maximum atomic E-state index is 10.1. The van der Waals surface area contributed by atoms with Gasteiger partial charge in [-0.25, -0.2) is 0 Å². The number of hydrogen-bond acceptors (Lipinski definition) is 5. The standard InChI is InChI=1S/C8H10ClNO.C7H4N2O2/c9-6-5-7-1-3-8(10-11)4-2-7;8-5-6-1-3-7(4-2-6)9(10)11/h1-4,10-11H,5-6H2;1-4H. The fourth-order valence-electron chi connectivity index (χ4n) is 1.51. The lowest BCUT2D eigenvalue weighted by molar-refractivity contribution is -0.384. The molecule has 0 aliphatic heterocycles. The van der Waals surface area contributed by atoms with Crippen molar-refractivity contribution < 1.29 is 10.1 Å². The number of rotatable bonds is 4. The quantitative estimate of drug-likeness (QED) is 0.508. The van der Waals surface area contributed by atoms with Gasteiger partial charge in [-0.05, 0) is 36.2 Å². The summed E-state index contributed by atoms with van der Waals surface area (Å²) in [6.45, 7) is 0. The molecule has 0 heterocycles. The molecule has 2 aromatic rings. The molecule has 7 heteroatoms. The molecule has 0 radical (unpaired) electrons. The highest BCUT2D eigenvalue weighted by Gasteiger charge is 2.02. The van der Waals surface area contributed by atoms with Gasteiger partial charge in [-0.3, -0.25) is 20.8 Å². The summed E-state index contributed by atoms with van der Waals surface area (Å²) >= 11 is 5.54. The van der Waals surface area contributed by atoms with Gasteiger partial charge in [0, 0.05) is 18.0 Å². The molecule has 2 aromatic carbocycles. The minimum atomic E-state index is -0.499. The third kappa shape index (κ3) is 5.79. The van der Waals surface area contributed by atoms with Crippen LogP contribution in [0.5, 0.6) is 0 Å². The maximum Gasteiger partial charge on any atom is 0.269 e. The van der Waals surface area contributed by atoms with E-state index in [1.165, 1.54) is 29.8 Å². The Hall–Kier alpha value is -2.62. The van der Waals surface area contributed by atoms with Crippen LogP contribution in [0.1, 0.15) is 11.1 Å². The summed E-state index contributed by atoms with van der Waals surface area (Å²) < 4.78 is 0. The van der Waals surface area contributed by atoms with Crippen LogP contribution in [0.15, 0.2) is 48.5 Å². The second-order valence-electron chi connectivity index (χ2n) is 4.16. The first kappa shape index (κ1) is 17.4. The Morgan fingerprint density at radius 3 is 2.18 bits per heavy atom. The van der Waals surface area contributed by atoms with Gasteiger partial charge in [-0.15, -0.1) is 11.6 Å². The van der Waals surface area contributed by atoms with Gasteiger partial charge in [0.1, 0.15) is 0 Å². The van der Waals surface area contributed by atoms with Crippen molar-refractivity contribution in [2.45, 2.75) is 6.42 Å². The number of halogens is 1. The van der Waals surface area contributed by atoms with Crippen LogP contribution < -0.4 is 5.48 Å². The summed E-state index contributed by atoms with van der Waals surface area (Å²) in [7, 11) is 0. The smallest absolute Gasteiger partial charge is 0.269 e. The molecule has 2 N–H and O–H groups in total. The molecule has 0 spiro atoms. The number of non-ortho nitro benzene ring substituents is 1. The van der Waals surface area contributed by atoms with Crippen LogP contribution in [-0.2, 0) is 6.42 Å². The van der Waals surface area contributed by atoms with E-state index in [1.54, 1.807) is 0 Å². The molecule has 0 aliphatic carbocycles. The van der Waals surface area contributed by atoms with Gasteiger partial charge in [0.15, 0.2) is 0 Å². The molecule has 0 fully saturated rings. The molecule has 0 aromatic heterocycles. The summed E-state index contributed by atoms with van der Waals surface area (Å²) in [6.07, 6.45) is 0.868. The van der Waals surface area contributed by atoms with E-state index >= 15 is 0 Å². The van der Waals surface area contributed by atoms with E-state index in [2.05, 4.69) is 5.48 Å². The number of nitro groups is 1. The molecular weight excluding hydrogens is 306 g/mol. The number of anilines is 1. The lowest BCUT2D eigenvalue weighted by Crippen LogP contribution is -1.90. The topological polar surface area (TPSA) is 99.2 Å². The van der Waals surface area contributed by atoms with Gasteiger partial charge in [-0.2, -0.15) is 5.26 Å². The minimum absolute atomic E-state index is 0.00370. The molecule has 2 rings (SSSR count). The summed E-state index contributed by atoms with van der Waals surface area (Å²) in [5, 5.41) is 27.0. The Morgan fingerprint density at radius 2 is 1.77 bits per heavy atom. The number of nitro benzene ring substituents is 1. The van der Waals surface area contributed by atoms with E-state index in [1.807, 2.05) is 30.3 Å². The average molecular weight is 320 g/mol.